The molecule has 0 atom stereocenters. The first-order valence-electron chi connectivity index (χ1n) is 7.29. The highest BCUT2D eigenvalue weighted by Gasteiger charge is 2.15. The third-order valence-corrected chi connectivity index (χ3v) is 3.33. The lowest BCUT2D eigenvalue weighted by atomic mass is 10.1. The molecule has 3 aromatic rings. The van der Waals surface area contributed by atoms with Crippen molar-refractivity contribution in [1.82, 2.24) is 15.4 Å². The predicted molar refractivity (Wildman–Crippen MR) is 82.1 cm³/mol. The Kier molecular flexibility index (Phi) is 4.18. The lowest BCUT2D eigenvalue weighted by molar-refractivity contribution is 0.101. The van der Waals surface area contributed by atoms with Gasteiger partial charge in [0.25, 0.3) is 5.91 Å². The SMILES string of the molecule is CCc1ccc(Cc2nnc(NC(=O)c3cc(C)on3)o2)cc1. The van der Waals surface area contributed by atoms with Crippen molar-refractivity contribution in [2.75, 3.05) is 5.32 Å². The zero-order valence-corrected chi connectivity index (χ0v) is 12.9. The van der Waals surface area contributed by atoms with Crippen molar-refractivity contribution in [3.8, 4) is 0 Å². The fourth-order valence-electron chi connectivity index (χ4n) is 2.08. The summed E-state index contributed by atoms with van der Waals surface area (Å²) in [4.78, 5) is 11.9. The number of aromatic nitrogens is 3. The fraction of sp³-hybridized carbons (Fsp3) is 0.250. The minimum atomic E-state index is -0.454. The van der Waals surface area contributed by atoms with E-state index in [1.807, 2.05) is 12.1 Å². The molecule has 1 amide bonds. The van der Waals surface area contributed by atoms with Crippen LogP contribution in [0, 0.1) is 6.92 Å². The molecular weight excluding hydrogens is 296 g/mol. The van der Waals surface area contributed by atoms with Crippen LogP contribution in [-0.4, -0.2) is 21.3 Å². The summed E-state index contributed by atoms with van der Waals surface area (Å²) in [5.41, 5.74) is 2.50. The minimum Gasteiger partial charge on any atom is -0.407 e. The molecule has 0 saturated carbocycles. The zero-order chi connectivity index (χ0) is 16.2. The smallest absolute Gasteiger partial charge is 0.322 e. The molecule has 0 aliphatic carbocycles. The van der Waals surface area contributed by atoms with Crippen LogP contribution in [-0.2, 0) is 12.8 Å². The number of carbonyl (C=O) groups excluding carboxylic acids is 1. The Morgan fingerprint density at radius 3 is 2.57 bits per heavy atom. The van der Waals surface area contributed by atoms with Crippen LogP contribution < -0.4 is 5.32 Å². The number of rotatable bonds is 5. The van der Waals surface area contributed by atoms with E-state index >= 15 is 0 Å². The van der Waals surface area contributed by atoms with Crippen LogP contribution in [0.25, 0.3) is 0 Å². The number of benzene rings is 1. The van der Waals surface area contributed by atoms with Gasteiger partial charge in [0, 0.05) is 6.07 Å². The van der Waals surface area contributed by atoms with E-state index in [0.717, 1.165) is 12.0 Å². The normalized spacial score (nSPS) is 10.7. The summed E-state index contributed by atoms with van der Waals surface area (Å²) >= 11 is 0. The molecule has 7 heteroatoms. The molecule has 1 aromatic carbocycles. The van der Waals surface area contributed by atoms with Crippen LogP contribution in [0.1, 0.15) is 40.2 Å². The summed E-state index contributed by atoms with van der Waals surface area (Å²) < 4.78 is 10.3. The number of anilines is 1. The predicted octanol–water partition coefficient (Wildman–Crippen LogP) is 2.77. The van der Waals surface area contributed by atoms with E-state index in [2.05, 4.69) is 39.7 Å². The Hall–Kier alpha value is -2.96. The van der Waals surface area contributed by atoms with Crippen molar-refractivity contribution >= 4 is 11.9 Å². The standard InChI is InChI=1S/C16H16N4O3/c1-3-11-4-6-12(7-5-11)9-14-18-19-16(22-14)17-15(21)13-8-10(2)23-20-13/h4-8H,3,9H2,1-2H3,(H,17,19,21). The minimum absolute atomic E-state index is 0.0378. The lowest BCUT2D eigenvalue weighted by Gasteiger charge is -1.99. The van der Waals surface area contributed by atoms with Gasteiger partial charge in [-0.1, -0.05) is 41.4 Å². The molecule has 0 saturated heterocycles. The number of hydrogen-bond acceptors (Lipinski definition) is 6. The van der Waals surface area contributed by atoms with Crippen molar-refractivity contribution < 1.29 is 13.7 Å². The summed E-state index contributed by atoms with van der Waals surface area (Å²) in [5, 5.41) is 13.9. The van der Waals surface area contributed by atoms with Crippen LogP contribution >= 0.6 is 0 Å². The second-order valence-electron chi connectivity index (χ2n) is 5.12. The molecule has 2 heterocycles. The summed E-state index contributed by atoms with van der Waals surface area (Å²) in [6.07, 6.45) is 1.51. The second kappa shape index (κ2) is 6.43. The van der Waals surface area contributed by atoms with Crippen molar-refractivity contribution in [2.45, 2.75) is 26.7 Å². The number of hydrogen-bond donors (Lipinski definition) is 1. The van der Waals surface area contributed by atoms with Gasteiger partial charge in [-0.3, -0.25) is 10.1 Å². The topological polar surface area (TPSA) is 94.1 Å². The molecule has 0 aliphatic heterocycles. The highest BCUT2D eigenvalue weighted by atomic mass is 16.5. The van der Waals surface area contributed by atoms with Gasteiger partial charge in [-0.2, -0.15) is 0 Å². The maximum absolute atomic E-state index is 11.9. The summed E-state index contributed by atoms with van der Waals surface area (Å²) in [5.74, 6) is 0.530. The second-order valence-corrected chi connectivity index (χ2v) is 5.12. The van der Waals surface area contributed by atoms with Gasteiger partial charge < -0.3 is 8.94 Å². The van der Waals surface area contributed by atoms with E-state index in [1.54, 1.807) is 6.92 Å². The van der Waals surface area contributed by atoms with Crippen LogP contribution in [0.4, 0.5) is 6.01 Å². The Labute approximate surface area is 132 Å². The number of nitrogens with zero attached hydrogens (tertiary/aromatic N) is 3. The average molecular weight is 312 g/mol. The van der Waals surface area contributed by atoms with E-state index in [0.29, 0.717) is 18.1 Å². The molecule has 0 radical (unpaired) electrons. The highest BCUT2D eigenvalue weighted by Crippen LogP contribution is 2.13. The van der Waals surface area contributed by atoms with Gasteiger partial charge in [0.05, 0.1) is 6.42 Å². The highest BCUT2D eigenvalue weighted by molar-refractivity contribution is 6.01. The molecule has 23 heavy (non-hydrogen) atoms. The van der Waals surface area contributed by atoms with Crippen molar-refractivity contribution in [1.29, 1.82) is 0 Å². The first kappa shape index (κ1) is 15.0. The Bertz CT molecular complexity index is 805. The van der Waals surface area contributed by atoms with E-state index in [-0.39, 0.29) is 11.7 Å². The lowest BCUT2D eigenvalue weighted by Crippen LogP contribution is -2.12. The maximum Gasteiger partial charge on any atom is 0.322 e. The van der Waals surface area contributed by atoms with Crippen LogP contribution in [0.5, 0.6) is 0 Å². The molecule has 2 aromatic heterocycles. The van der Waals surface area contributed by atoms with Crippen LogP contribution in [0.3, 0.4) is 0 Å². The fourth-order valence-corrected chi connectivity index (χ4v) is 2.08. The number of nitrogens with one attached hydrogen (secondary N) is 1. The van der Waals surface area contributed by atoms with Crippen molar-refractivity contribution in [3.05, 3.63) is 58.8 Å². The summed E-state index contributed by atoms with van der Waals surface area (Å²) in [6.45, 7) is 3.82. The third-order valence-electron chi connectivity index (χ3n) is 3.33. The summed E-state index contributed by atoms with van der Waals surface area (Å²) in [7, 11) is 0. The first-order valence-corrected chi connectivity index (χ1v) is 7.29. The summed E-state index contributed by atoms with van der Waals surface area (Å²) in [6, 6.07) is 9.76. The molecule has 1 N–H and O–H groups in total. The average Bonchev–Trinajstić information content (AvgIpc) is 3.17. The molecule has 0 unspecified atom stereocenters. The molecule has 0 spiro atoms. The number of carbonyl (C=O) groups is 1. The van der Waals surface area contributed by atoms with Gasteiger partial charge in [0.1, 0.15) is 5.76 Å². The molecule has 7 nitrogen and oxygen atoms in total. The Morgan fingerprint density at radius 2 is 1.91 bits per heavy atom. The number of aryl methyl sites for hydroxylation is 2. The largest absolute Gasteiger partial charge is 0.407 e. The van der Waals surface area contributed by atoms with Crippen molar-refractivity contribution in [2.24, 2.45) is 0 Å². The first-order chi connectivity index (χ1) is 11.1. The van der Waals surface area contributed by atoms with Gasteiger partial charge in [0.2, 0.25) is 5.89 Å². The zero-order valence-electron chi connectivity index (χ0n) is 12.9. The van der Waals surface area contributed by atoms with Gasteiger partial charge in [0.15, 0.2) is 5.69 Å². The third kappa shape index (κ3) is 3.63. The molecule has 0 aliphatic rings. The Balaban J connectivity index is 1.64. The van der Waals surface area contributed by atoms with E-state index < -0.39 is 5.91 Å². The van der Waals surface area contributed by atoms with E-state index in [9.17, 15) is 4.79 Å². The van der Waals surface area contributed by atoms with Crippen LogP contribution in [0.15, 0.2) is 39.3 Å². The van der Waals surface area contributed by atoms with E-state index in [1.165, 1.54) is 11.6 Å². The molecular formula is C16H16N4O3. The van der Waals surface area contributed by atoms with Gasteiger partial charge in [-0.05, 0) is 24.5 Å². The molecule has 0 fully saturated rings. The Morgan fingerprint density at radius 1 is 1.17 bits per heavy atom. The van der Waals surface area contributed by atoms with Gasteiger partial charge >= 0.3 is 6.01 Å². The van der Waals surface area contributed by atoms with Gasteiger partial charge in [-0.25, -0.2) is 0 Å². The molecule has 3 rings (SSSR count). The molecule has 0 bridgehead atoms. The monoisotopic (exact) mass is 312 g/mol. The van der Waals surface area contributed by atoms with Crippen LogP contribution in [0.2, 0.25) is 0 Å². The van der Waals surface area contributed by atoms with E-state index in [4.69, 9.17) is 8.94 Å². The van der Waals surface area contributed by atoms with Crippen molar-refractivity contribution in [3.63, 3.8) is 0 Å². The molecule has 118 valence electrons. The quantitative estimate of drug-likeness (QED) is 0.778. The van der Waals surface area contributed by atoms with Gasteiger partial charge in [-0.15, -0.1) is 5.10 Å². The maximum atomic E-state index is 11.9. The number of amides is 1.